The Morgan fingerprint density at radius 3 is 1.48 bits per heavy atom. The minimum absolute atomic E-state index is 0.0275. The summed E-state index contributed by atoms with van der Waals surface area (Å²) in [6.45, 7) is 20.2. The van der Waals surface area contributed by atoms with E-state index in [0.29, 0.717) is 0 Å². The van der Waals surface area contributed by atoms with Crippen molar-refractivity contribution in [3.05, 3.63) is 58.7 Å². The summed E-state index contributed by atoms with van der Waals surface area (Å²) in [4.78, 5) is 0. The molecule has 0 N–H and O–H groups in total. The monoisotopic (exact) mass is 466 g/mol. The molecule has 182 valence electrons. The second-order valence-corrected chi connectivity index (χ2v) is 13.5. The van der Waals surface area contributed by atoms with Gasteiger partial charge in [-0.05, 0) is 52.2 Å². The average Bonchev–Trinajstić information content (AvgIpc) is 2.71. The molecule has 0 saturated carbocycles. The van der Waals surface area contributed by atoms with Crippen LogP contribution in [0.2, 0.25) is 5.28 Å². The normalized spacial score (nSPS) is 12.0. The highest BCUT2D eigenvalue weighted by molar-refractivity contribution is 6.46. The average molecular weight is 467 g/mol. The van der Waals surface area contributed by atoms with Crippen molar-refractivity contribution in [3.8, 4) is 11.5 Å². The van der Waals surface area contributed by atoms with Gasteiger partial charge in [-0.25, -0.2) is 0 Å². The molecule has 2 aromatic rings. The van der Waals surface area contributed by atoms with Gasteiger partial charge in [0, 0.05) is 0 Å². The van der Waals surface area contributed by atoms with E-state index in [-0.39, 0.29) is 10.8 Å². The Morgan fingerprint density at radius 2 is 1.06 bits per heavy atom. The number of hydrogen-bond donors (Lipinski definition) is 0. The summed E-state index contributed by atoms with van der Waals surface area (Å²) in [5.74, 6) is 2.08. The number of para-hydroxylation sites is 2. The fourth-order valence-corrected chi connectivity index (χ4v) is 6.35. The Morgan fingerprint density at radius 1 is 0.636 bits per heavy atom. The quantitative estimate of drug-likeness (QED) is 0.243. The Hall–Kier alpha value is -1.43. The van der Waals surface area contributed by atoms with Crippen LogP contribution in [-0.2, 0) is 10.8 Å². The molecule has 0 bridgehead atoms. The van der Waals surface area contributed by atoms with Crippen molar-refractivity contribution >= 4 is 14.8 Å². The molecule has 2 rings (SSSR count). The van der Waals surface area contributed by atoms with Gasteiger partial charge in [0.15, 0.2) is 0 Å². The zero-order valence-corrected chi connectivity index (χ0v) is 24.0. The van der Waals surface area contributed by atoms with Crippen molar-refractivity contribution in [1.82, 2.24) is 0 Å². The number of unbranched alkanes of at least 4 members (excludes halogenated alkanes) is 5. The summed E-state index contributed by atoms with van der Waals surface area (Å²) >= 11 is -2.00. The van der Waals surface area contributed by atoms with Gasteiger partial charge in [-0.1, -0.05) is 123 Å². The van der Waals surface area contributed by atoms with Crippen LogP contribution in [0.4, 0.5) is 0 Å². The molecule has 0 unspecified atom stereocenters. The Labute approximate surface area is 209 Å². The van der Waals surface area contributed by atoms with E-state index < -0.39 is 14.8 Å². The first-order valence-electron chi connectivity index (χ1n) is 13.0. The molecule has 2 aromatic carbocycles. The van der Waals surface area contributed by atoms with Crippen molar-refractivity contribution in [1.29, 1.82) is 0 Å². The highest BCUT2D eigenvalue weighted by atomic mass is 27.2. The zero-order chi connectivity index (χ0) is 24.6. The summed E-state index contributed by atoms with van der Waals surface area (Å²) in [5, 5.41) is 1.03. The first kappa shape index (κ1) is 27.8. The molecule has 0 heterocycles. The van der Waals surface area contributed by atoms with Crippen molar-refractivity contribution < 1.29 is 7.58 Å². The van der Waals surface area contributed by atoms with Crippen LogP contribution in [0.15, 0.2) is 36.4 Å². The lowest BCUT2D eigenvalue weighted by molar-refractivity contribution is 0.396. The molecule has 0 aliphatic heterocycles. The summed E-state index contributed by atoms with van der Waals surface area (Å²) in [6.07, 6.45) is 7.70. The minimum Gasteiger partial charge on any atom is -0.611 e. The van der Waals surface area contributed by atoms with Crippen LogP contribution in [0.5, 0.6) is 11.5 Å². The van der Waals surface area contributed by atoms with Gasteiger partial charge in [0.2, 0.25) is 0 Å². The molecule has 0 atom stereocenters. The first-order valence-corrected chi connectivity index (χ1v) is 14.7. The number of benzene rings is 2. The van der Waals surface area contributed by atoms with Crippen LogP contribution in [0.1, 0.15) is 109 Å². The van der Waals surface area contributed by atoms with Crippen LogP contribution < -0.4 is 7.58 Å². The minimum atomic E-state index is -2.00. The van der Waals surface area contributed by atoms with Gasteiger partial charge in [-0.3, -0.25) is 0 Å². The molecule has 0 amide bonds. The summed E-state index contributed by atoms with van der Waals surface area (Å²) < 4.78 is 13.7. The van der Waals surface area contributed by atoms with E-state index >= 15 is 0 Å². The maximum Gasteiger partial charge on any atom is 0.856 e. The standard InChI is InChI=1S/2C11H16O.C8H17.Al/c2*1-8-6-5-7-9(10(8)12)11(2,3)4;1-3-5-7-8-6-4-2;/h2*5-7,12H,1-4H3;1,3-8H2,2H3;/q;;;+2/p-2. The molecule has 0 aliphatic carbocycles. The van der Waals surface area contributed by atoms with Crippen LogP contribution in [-0.4, -0.2) is 14.8 Å². The Balaban J connectivity index is 2.34. The Bertz CT molecular complexity index is 808. The number of hydrogen-bond acceptors (Lipinski definition) is 2. The van der Waals surface area contributed by atoms with Crippen molar-refractivity contribution in [2.24, 2.45) is 0 Å². The van der Waals surface area contributed by atoms with Crippen molar-refractivity contribution in [3.63, 3.8) is 0 Å². The topological polar surface area (TPSA) is 18.5 Å². The van der Waals surface area contributed by atoms with Gasteiger partial charge in [0.1, 0.15) is 0 Å². The third-order valence-electron chi connectivity index (χ3n) is 6.33. The number of aryl methyl sites for hydroxylation is 2. The second-order valence-electron chi connectivity index (χ2n) is 11.6. The van der Waals surface area contributed by atoms with Gasteiger partial charge in [-0.15, -0.1) is 0 Å². The molecule has 0 aromatic heterocycles. The predicted molar refractivity (Wildman–Crippen MR) is 145 cm³/mol. The smallest absolute Gasteiger partial charge is 0.611 e. The number of rotatable bonds is 11. The van der Waals surface area contributed by atoms with E-state index in [0.717, 1.165) is 16.8 Å². The first-order chi connectivity index (χ1) is 15.4. The van der Waals surface area contributed by atoms with Crippen molar-refractivity contribution in [2.45, 2.75) is 117 Å². The highest BCUT2D eigenvalue weighted by Crippen LogP contribution is 2.37. The molecular formula is C30H47AlO2. The molecule has 0 fully saturated rings. The fraction of sp³-hybridized carbons (Fsp3) is 0.600. The molecule has 3 heteroatoms. The largest absolute Gasteiger partial charge is 0.856 e. The SMILES string of the molecule is CCCCCCC[CH2][Al]([O]c1c(C)cccc1C(C)(C)C)[O]c1c(C)cccc1C(C)(C)C. The molecule has 0 radical (unpaired) electrons. The maximum absolute atomic E-state index is 6.87. The molecular weight excluding hydrogens is 419 g/mol. The van der Waals surface area contributed by atoms with E-state index in [1.807, 2.05) is 0 Å². The van der Waals surface area contributed by atoms with E-state index in [1.54, 1.807) is 0 Å². The molecule has 0 aliphatic rings. The second kappa shape index (κ2) is 12.3. The molecule has 33 heavy (non-hydrogen) atoms. The van der Waals surface area contributed by atoms with E-state index in [1.165, 1.54) is 60.8 Å². The zero-order valence-electron chi connectivity index (χ0n) is 22.8. The van der Waals surface area contributed by atoms with Crippen LogP contribution in [0, 0.1) is 13.8 Å². The van der Waals surface area contributed by atoms with Gasteiger partial charge in [0.25, 0.3) is 0 Å². The molecule has 2 nitrogen and oxygen atoms in total. The van der Waals surface area contributed by atoms with Gasteiger partial charge >= 0.3 is 14.8 Å². The lowest BCUT2D eigenvalue weighted by atomic mass is 9.85. The predicted octanol–water partition coefficient (Wildman–Crippen LogP) is 9.20. The maximum atomic E-state index is 6.87. The van der Waals surface area contributed by atoms with E-state index in [4.69, 9.17) is 7.58 Å². The van der Waals surface area contributed by atoms with Gasteiger partial charge < -0.3 is 7.58 Å². The van der Waals surface area contributed by atoms with E-state index in [2.05, 4.69) is 98.7 Å². The summed E-state index contributed by atoms with van der Waals surface area (Å²) in [5.41, 5.74) is 5.00. The third kappa shape index (κ3) is 8.38. The summed E-state index contributed by atoms with van der Waals surface area (Å²) in [7, 11) is 0. The van der Waals surface area contributed by atoms with Gasteiger partial charge in [-0.2, -0.15) is 0 Å². The summed E-state index contributed by atoms with van der Waals surface area (Å²) in [6, 6.07) is 13.0. The molecule has 0 saturated heterocycles. The van der Waals surface area contributed by atoms with Crippen LogP contribution in [0.3, 0.4) is 0 Å². The van der Waals surface area contributed by atoms with E-state index in [9.17, 15) is 0 Å². The lowest BCUT2D eigenvalue weighted by Gasteiger charge is -2.29. The third-order valence-corrected chi connectivity index (χ3v) is 8.21. The fourth-order valence-electron chi connectivity index (χ4n) is 4.30. The highest BCUT2D eigenvalue weighted by Gasteiger charge is 2.36. The van der Waals surface area contributed by atoms with Crippen LogP contribution in [0.25, 0.3) is 0 Å². The Kier molecular flexibility index (Phi) is 10.4. The lowest BCUT2D eigenvalue weighted by Crippen LogP contribution is -2.32. The van der Waals surface area contributed by atoms with Crippen LogP contribution >= 0.6 is 0 Å². The van der Waals surface area contributed by atoms with Crippen molar-refractivity contribution in [2.75, 3.05) is 0 Å². The molecule has 0 spiro atoms. The van der Waals surface area contributed by atoms with Gasteiger partial charge in [0.05, 0.1) is 11.5 Å².